The average Bonchev–Trinajstić information content (AvgIpc) is 2.82. The quantitative estimate of drug-likeness (QED) is 0.696. The van der Waals surface area contributed by atoms with Gasteiger partial charge in [-0.2, -0.15) is 0 Å². The molecular formula is C12H23N. The van der Waals surface area contributed by atoms with Gasteiger partial charge in [-0.3, -0.25) is 0 Å². The fourth-order valence-corrected chi connectivity index (χ4v) is 3.25. The van der Waals surface area contributed by atoms with Gasteiger partial charge >= 0.3 is 0 Å². The van der Waals surface area contributed by atoms with E-state index in [1.807, 2.05) is 0 Å². The van der Waals surface area contributed by atoms with Crippen LogP contribution in [-0.2, 0) is 0 Å². The van der Waals surface area contributed by atoms with Crippen molar-refractivity contribution < 1.29 is 0 Å². The smallest absolute Gasteiger partial charge is 0.00416 e. The van der Waals surface area contributed by atoms with Gasteiger partial charge in [-0.15, -0.1) is 0 Å². The monoisotopic (exact) mass is 181 g/mol. The molecule has 2 saturated carbocycles. The van der Waals surface area contributed by atoms with Crippen LogP contribution in [0.1, 0.15) is 46.0 Å². The van der Waals surface area contributed by atoms with Gasteiger partial charge in [-0.05, 0) is 43.4 Å². The first-order valence-corrected chi connectivity index (χ1v) is 5.94. The fraction of sp³-hybridized carbons (Fsp3) is 1.00. The molecule has 2 aliphatic rings. The molecule has 13 heavy (non-hydrogen) atoms. The van der Waals surface area contributed by atoms with Gasteiger partial charge in [0, 0.05) is 6.04 Å². The average molecular weight is 181 g/mol. The van der Waals surface area contributed by atoms with Crippen molar-refractivity contribution in [3.63, 3.8) is 0 Å². The van der Waals surface area contributed by atoms with Crippen molar-refractivity contribution in [1.29, 1.82) is 0 Å². The maximum Gasteiger partial charge on any atom is 0.00416 e. The van der Waals surface area contributed by atoms with E-state index in [2.05, 4.69) is 13.8 Å². The van der Waals surface area contributed by atoms with Gasteiger partial charge in [0.2, 0.25) is 0 Å². The van der Waals surface area contributed by atoms with Crippen molar-refractivity contribution in [2.24, 2.45) is 29.4 Å². The van der Waals surface area contributed by atoms with Crippen LogP contribution in [0, 0.1) is 23.7 Å². The molecule has 0 radical (unpaired) electrons. The second-order valence-electron chi connectivity index (χ2n) is 5.45. The highest BCUT2D eigenvalue weighted by molar-refractivity contribution is 4.96. The van der Waals surface area contributed by atoms with E-state index in [-0.39, 0.29) is 0 Å². The molecule has 0 amide bonds. The van der Waals surface area contributed by atoms with Crippen molar-refractivity contribution in [3.05, 3.63) is 0 Å². The summed E-state index contributed by atoms with van der Waals surface area (Å²) in [5.74, 6) is 3.88. The van der Waals surface area contributed by atoms with Gasteiger partial charge < -0.3 is 5.73 Å². The Kier molecular flexibility index (Phi) is 2.64. The van der Waals surface area contributed by atoms with Crippen LogP contribution in [0.4, 0.5) is 0 Å². The van der Waals surface area contributed by atoms with Crippen LogP contribution >= 0.6 is 0 Å². The molecule has 5 atom stereocenters. The van der Waals surface area contributed by atoms with Crippen LogP contribution < -0.4 is 5.73 Å². The lowest BCUT2D eigenvalue weighted by Crippen LogP contribution is -2.22. The molecule has 0 spiro atoms. The molecule has 2 rings (SSSR count). The minimum absolute atomic E-state index is 0.447. The first-order valence-electron chi connectivity index (χ1n) is 5.94. The summed E-state index contributed by atoms with van der Waals surface area (Å²) in [5, 5.41) is 0. The molecule has 5 unspecified atom stereocenters. The third kappa shape index (κ3) is 2.07. The van der Waals surface area contributed by atoms with E-state index >= 15 is 0 Å². The molecule has 1 heteroatoms. The lowest BCUT2D eigenvalue weighted by atomic mass is 9.79. The Morgan fingerprint density at radius 1 is 1.23 bits per heavy atom. The van der Waals surface area contributed by atoms with Crippen molar-refractivity contribution in [2.75, 3.05) is 0 Å². The maximum absolute atomic E-state index is 5.93. The Labute approximate surface area is 82.1 Å². The minimum atomic E-state index is 0.447. The zero-order valence-electron chi connectivity index (χ0n) is 9.00. The summed E-state index contributed by atoms with van der Waals surface area (Å²) in [7, 11) is 0. The second kappa shape index (κ2) is 3.61. The summed E-state index contributed by atoms with van der Waals surface area (Å²) >= 11 is 0. The zero-order valence-corrected chi connectivity index (χ0v) is 9.00. The largest absolute Gasteiger partial charge is 0.328 e. The highest BCUT2D eigenvalue weighted by Gasteiger charge is 2.45. The molecule has 2 aliphatic carbocycles. The zero-order chi connectivity index (χ0) is 9.42. The van der Waals surface area contributed by atoms with Crippen molar-refractivity contribution >= 4 is 0 Å². The third-order valence-corrected chi connectivity index (χ3v) is 4.15. The van der Waals surface area contributed by atoms with Crippen LogP contribution in [0.3, 0.4) is 0 Å². The minimum Gasteiger partial charge on any atom is -0.328 e. The number of hydrogen-bond acceptors (Lipinski definition) is 1. The van der Waals surface area contributed by atoms with E-state index in [0.29, 0.717) is 6.04 Å². The van der Waals surface area contributed by atoms with Crippen LogP contribution in [0.15, 0.2) is 0 Å². The second-order valence-corrected chi connectivity index (χ2v) is 5.45. The first kappa shape index (κ1) is 9.51. The van der Waals surface area contributed by atoms with E-state index < -0.39 is 0 Å². The number of hydrogen-bond donors (Lipinski definition) is 1. The summed E-state index contributed by atoms with van der Waals surface area (Å²) in [5.41, 5.74) is 5.93. The molecule has 2 N–H and O–H groups in total. The van der Waals surface area contributed by atoms with Crippen molar-refractivity contribution in [3.8, 4) is 0 Å². The predicted octanol–water partition coefficient (Wildman–Crippen LogP) is 2.80. The number of nitrogens with two attached hydrogens (primary N) is 1. The van der Waals surface area contributed by atoms with E-state index in [4.69, 9.17) is 5.73 Å². The summed E-state index contributed by atoms with van der Waals surface area (Å²) in [6, 6.07) is 0.447. The molecule has 0 heterocycles. The van der Waals surface area contributed by atoms with Gasteiger partial charge in [0.1, 0.15) is 0 Å². The van der Waals surface area contributed by atoms with E-state index in [9.17, 15) is 0 Å². The molecule has 0 aromatic rings. The van der Waals surface area contributed by atoms with Crippen LogP contribution in [0.25, 0.3) is 0 Å². The Bertz CT molecular complexity index is 176. The maximum atomic E-state index is 5.93. The van der Waals surface area contributed by atoms with Gasteiger partial charge in [0.05, 0.1) is 0 Å². The lowest BCUT2D eigenvalue weighted by Gasteiger charge is -2.27. The van der Waals surface area contributed by atoms with Gasteiger partial charge in [0.25, 0.3) is 0 Å². The highest BCUT2D eigenvalue weighted by atomic mass is 14.7. The normalized spacial score (nSPS) is 47.3. The summed E-state index contributed by atoms with van der Waals surface area (Å²) in [6.45, 7) is 4.59. The molecule has 0 saturated heterocycles. The van der Waals surface area contributed by atoms with Crippen LogP contribution in [0.5, 0.6) is 0 Å². The molecule has 0 bridgehead atoms. The summed E-state index contributed by atoms with van der Waals surface area (Å²) in [4.78, 5) is 0. The Balaban J connectivity index is 1.82. The van der Waals surface area contributed by atoms with Crippen molar-refractivity contribution in [1.82, 2.24) is 0 Å². The molecule has 2 fully saturated rings. The van der Waals surface area contributed by atoms with Gasteiger partial charge in [-0.1, -0.05) is 26.2 Å². The molecule has 0 aromatic carbocycles. The van der Waals surface area contributed by atoms with E-state index in [1.165, 1.54) is 32.1 Å². The Morgan fingerprint density at radius 3 is 2.54 bits per heavy atom. The molecule has 1 nitrogen and oxygen atoms in total. The van der Waals surface area contributed by atoms with Crippen LogP contribution in [0.2, 0.25) is 0 Å². The standard InChI is InChI=1S/C12H23N/c1-8-4-3-5-10(6-8)12-7-11(12)9(2)13/h8-12H,3-7,13H2,1-2H3. The number of rotatable bonds is 2. The molecule has 76 valence electrons. The van der Waals surface area contributed by atoms with E-state index in [0.717, 1.165) is 23.7 Å². The van der Waals surface area contributed by atoms with E-state index in [1.54, 1.807) is 0 Å². The fourth-order valence-electron chi connectivity index (χ4n) is 3.25. The predicted molar refractivity (Wildman–Crippen MR) is 56.4 cm³/mol. The Hall–Kier alpha value is -0.0400. The van der Waals surface area contributed by atoms with Gasteiger partial charge in [0.15, 0.2) is 0 Å². The third-order valence-electron chi connectivity index (χ3n) is 4.15. The summed E-state index contributed by atoms with van der Waals surface area (Å²) in [6.07, 6.45) is 7.32. The SMILES string of the molecule is CC1CCCC(C2CC2C(C)N)C1. The van der Waals surface area contributed by atoms with Crippen LogP contribution in [-0.4, -0.2) is 6.04 Å². The first-order chi connectivity index (χ1) is 6.18. The summed E-state index contributed by atoms with van der Waals surface area (Å²) < 4.78 is 0. The molecule has 0 aliphatic heterocycles. The van der Waals surface area contributed by atoms with Gasteiger partial charge in [-0.25, -0.2) is 0 Å². The van der Waals surface area contributed by atoms with Crippen molar-refractivity contribution in [2.45, 2.75) is 52.0 Å². The highest BCUT2D eigenvalue weighted by Crippen LogP contribution is 2.51. The topological polar surface area (TPSA) is 26.0 Å². The Morgan fingerprint density at radius 2 is 2.00 bits per heavy atom. The molecule has 0 aromatic heterocycles. The lowest BCUT2D eigenvalue weighted by molar-refractivity contribution is 0.245. The molecular weight excluding hydrogens is 158 g/mol.